The minimum Gasteiger partial charge on any atom is -0.606 e. The van der Waals surface area contributed by atoms with Crippen molar-refractivity contribution in [3.05, 3.63) is 81.8 Å². The van der Waals surface area contributed by atoms with Gasteiger partial charge in [-0.25, -0.2) is 0 Å². The number of carbonyl (C=O) groups is 1. The van der Waals surface area contributed by atoms with Crippen LogP contribution >= 0.6 is 0 Å². The van der Waals surface area contributed by atoms with Gasteiger partial charge in [-0.1, -0.05) is 6.07 Å². The van der Waals surface area contributed by atoms with Crippen LogP contribution in [0.1, 0.15) is 28.0 Å². The number of rotatable bonds is 8. The van der Waals surface area contributed by atoms with E-state index in [1.807, 2.05) is 19.0 Å². The van der Waals surface area contributed by atoms with E-state index in [4.69, 9.17) is 5.73 Å². The number of halogens is 3. The van der Waals surface area contributed by atoms with E-state index in [0.29, 0.717) is 23.5 Å². The Kier molecular flexibility index (Phi) is 8.49. The quantitative estimate of drug-likeness (QED) is 0.268. The molecule has 192 valence electrons. The van der Waals surface area contributed by atoms with E-state index >= 15 is 0 Å². The summed E-state index contributed by atoms with van der Waals surface area (Å²) in [7, 11) is 3.77. The number of pyridine rings is 1. The Morgan fingerprint density at radius 1 is 1.14 bits per heavy atom. The number of nitrogen functional groups attached to an aromatic ring is 1. The molecule has 36 heavy (non-hydrogen) atoms. The minimum absolute atomic E-state index is 0.0925. The molecule has 7 nitrogen and oxygen atoms in total. The molecule has 3 rings (SSSR count). The lowest BCUT2D eigenvalue weighted by Gasteiger charge is -2.19. The lowest BCUT2D eigenvalue weighted by Crippen LogP contribution is -2.35. The highest BCUT2D eigenvalue weighted by atomic mass is 32.2. The molecule has 0 aliphatic heterocycles. The number of nitrogens with two attached hydrogens (primary N) is 1. The first-order valence-electron chi connectivity index (χ1n) is 11.0. The predicted molar refractivity (Wildman–Crippen MR) is 133 cm³/mol. The maximum atomic E-state index is 13.4. The Balaban J connectivity index is 2.15. The van der Waals surface area contributed by atoms with Crippen molar-refractivity contribution in [1.82, 2.24) is 14.8 Å². The molecule has 0 saturated heterocycles. The summed E-state index contributed by atoms with van der Waals surface area (Å²) in [6.45, 7) is 2.46. The third kappa shape index (κ3) is 6.28. The molecule has 3 aromatic rings. The molecule has 0 fully saturated rings. The highest BCUT2D eigenvalue weighted by Gasteiger charge is 2.31. The largest absolute Gasteiger partial charge is 0.606 e. The van der Waals surface area contributed by atoms with E-state index in [1.165, 1.54) is 25.1 Å². The molecule has 0 spiro atoms. The van der Waals surface area contributed by atoms with Gasteiger partial charge in [0.25, 0.3) is 11.5 Å². The fourth-order valence-corrected chi connectivity index (χ4v) is 4.80. The SMILES string of the molecule is Cc1c([S+]([O-])c2ccc(N)cc2)cc(C(=O)NCCCN(C)C)c(=O)n1-c1cccc(C(F)(F)F)c1. The number of alkyl halides is 3. The number of carbonyl (C=O) groups excluding carboxylic acids is 1. The Morgan fingerprint density at radius 2 is 1.81 bits per heavy atom. The van der Waals surface area contributed by atoms with E-state index in [9.17, 15) is 27.3 Å². The zero-order chi connectivity index (χ0) is 26.6. The van der Waals surface area contributed by atoms with Crippen LogP contribution in [0.5, 0.6) is 0 Å². The fraction of sp³-hybridized carbons (Fsp3) is 0.280. The van der Waals surface area contributed by atoms with Gasteiger partial charge >= 0.3 is 6.18 Å². The number of benzene rings is 2. The van der Waals surface area contributed by atoms with E-state index in [0.717, 1.165) is 16.7 Å². The van der Waals surface area contributed by atoms with Crippen LogP contribution in [0.15, 0.2) is 69.2 Å². The number of nitrogens with one attached hydrogen (secondary N) is 1. The first-order valence-corrected chi connectivity index (χ1v) is 12.2. The Hall–Kier alpha value is -3.28. The summed E-state index contributed by atoms with van der Waals surface area (Å²) in [6.07, 6.45) is -4.01. The van der Waals surface area contributed by atoms with Crippen LogP contribution in [0.2, 0.25) is 0 Å². The molecule has 1 unspecified atom stereocenters. The third-order valence-electron chi connectivity index (χ3n) is 5.44. The summed E-state index contributed by atoms with van der Waals surface area (Å²) in [5.41, 5.74) is 4.15. The van der Waals surface area contributed by atoms with E-state index in [2.05, 4.69) is 5.32 Å². The van der Waals surface area contributed by atoms with Crippen molar-refractivity contribution in [2.75, 3.05) is 32.9 Å². The molecule has 1 heterocycles. The third-order valence-corrected chi connectivity index (χ3v) is 6.95. The molecule has 1 amide bonds. The lowest BCUT2D eigenvalue weighted by molar-refractivity contribution is -0.137. The fourth-order valence-electron chi connectivity index (χ4n) is 3.57. The topological polar surface area (TPSA) is 103 Å². The normalized spacial score (nSPS) is 12.6. The van der Waals surface area contributed by atoms with Crippen LogP contribution in [0.25, 0.3) is 5.69 Å². The van der Waals surface area contributed by atoms with E-state index < -0.39 is 34.4 Å². The van der Waals surface area contributed by atoms with Gasteiger partial charge in [-0.3, -0.25) is 14.2 Å². The monoisotopic (exact) mass is 520 g/mol. The van der Waals surface area contributed by atoms with Gasteiger partial charge in [0, 0.05) is 35.2 Å². The van der Waals surface area contributed by atoms with Gasteiger partial charge in [-0.05, 0) is 76.4 Å². The summed E-state index contributed by atoms with van der Waals surface area (Å²) >= 11 is -1.85. The Labute approximate surface area is 209 Å². The highest BCUT2D eigenvalue weighted by Crippen LogP contribution is 2.31. The molecule has 1 aromatic heterocycles. The molecule has 11 heteroatoms. The maximum absolute atomic E-state index is 13.4. The molecular weight excluding hydrogens is 493 g/mol. The number of hydrogen-bond donors (Lipinski definition) is 2. The second-order valence-electron chi connectivity index (χ2n) is 8.45. The van der Waals surface area contributed by atoms with E-state index in [1.54, 1.807) is 24.3 Å². The predicted octanol–water partition coefficient (Wildman–Crippen LogP) is 3.60. The maximum Gasteiger partial charge on any atom is 0.416 e. The van der Waals surface area contributed by atoms with Gasteiger partial charge < -0.3 is 20.5 Å². The van der Waals surface area contributed by atoms with Gasteiger partial charge in [0.1, 0.15) is 5.56 Å². The first kappa shape index (κ1) is 27.3. The zero-order valence-corrected chi connectivity index (χ0v) is 20.9. The standard InChI is InChI=1S/C25H27F3N4O3S/c1-16-22(36(35)20-10-8-18(29)9-11-20)15-21(23(33)30-12-5-13-31(2)3)24(34)32(16)19-7-4-6-17(14-19)25(26,27)28/h4,6-11,14-15H,5,12-13,29H2,1-3H3,(H,30,33). The molecular formula is C25H27F3N4O3S. The number of amides is 1. The first-order chi connectivity index (χ1) is 16.9. The Morgan fingerprint density at radius 3 is 2.42 bits per heavy atom. The Bertz CT molecular complexity index is 1290. The summed E-state index contributed by atoms with van der Waals surface area (Å²) in [5.74, 6) is -0.699. The van der Waals surface area contributed by atoms with Crippen molar-refractivity contribution in [2.24, 2.45) is 0 Å². The summed E-state index contributed by atoms with van der Waals surface area (Å²) in [6, 6.07) is 11.7. The molecule has 0 radical (unpaired) electrons. The van der Waals surface area contributed by atoms with Gasteiger partial charge in [-0.2, -0.15) is 13.2 Å². The average molecular weight is 521 g/mol. The number of aromatic nitrogens is 1. The van der Waals surface area contributed by atoms with Crippen LogP contribution in [0.4, 0.5) is 18.9 Å². The number of anilines is 1. The zero-order valence-electron chi connectivity index (χ0n) is 20.1. The van der Waals surface area contributed by atoms with Crippen LogP contribution in [0.3, 0.4) is 0 Å². The molecule has 0 bridgehead atoms. The van der Waals surface area contributed by atoms with Crippen LogP contribution in [0, 0.1) is 6.92 Å². The van der Waals surface area contributed by atoms with Crippen LogP contribution < -0.4 is 16.6 Å². The van der Waals surface area contributed by atoms with Crippen LogP contribution in [-0.4, -0.2) is 47.1 Å². The highest BCUT2D eigenvalue weighted by molar-refractivity contribution is 7.91. The lowest BCUT2D eigenvalue weighted by atomic mass is 10.1. The van der Waals surface area contributed by atoms with Crippen molar-refractivity contribution in [3.8, 4) is 5.69 Å². The second-order valence-corrected chi connectivity index (χ2v) is 9.90. The van der Waals surface area contributed by atoms with Crippen molar-refractivity contribution in [3.63, 3.8) is 0 Å². The smallest absolute Gasteiger partial charge is 0.416 e. The van der Waals surface area contributed by atoms with E-state index in [-0.39, 0.29) is 28.4 Å². The summed E-state index contributed by atoms with van der Waals surface area (Å²) in [4.78, 5) is 28.8. The molecule has 0 aliphatic rings. The molecule has 0 saturated carbocycles. The molecule has 2 aromatic carbocycles. The van der Waals surface area contributed by atoms with Gasteiger partial charge in [0.05, 0.1) is 11.3 Å². The van der Waals surface area contributed by atoms with Gasteiger partial charge in [-0.15, -0.1) is 0 Å². The van der Waals surface area contributed by atoms with Crippen molar-refractivity contribution in [2.45, 2.75) is 29.3 Å². The molecule has 3 N–H and O–H groups in total. The minimum atomic E-state index is -4.63. The summed E-state index contributed by atoms with van der Waals surface area (Å²) in [5, 5.41) is 2.67. The van der Waals surface area contributed by atoms with Gasteiger partial charge in [0.15, 0.2) is 9.79 Å². The number of hydrogen-bond acceptors (Lipinski definition) is 5. The van der Waals surface area contributed by atoms with Crippen molar-refractivity contribution >= 4 is 22.8 Å². The van der Waals surface area contributed by atoms with Gasteiger partial charge in [0.2, 0.25) is 0 Å². The molecule has 0 aliphatic carbocycles. The summed E-state index contributed by atoms with van der Waals surface area (Å²) < 4.78 is 54.6. The average Bonchev–Trinajstić information content (AvgIpc) is 2.81. The van der Waals surface area contributed by atoms with Crippen molar-refractivity contribution in [1.29, 1.82) is 0 Å². The second kappa shape index (κ2) is 11.2. The van der Waals surface area contributed by atoms with Crippen molar-refractivity contribution < 1.29 is 22.5 Å². The molecule has 1 atom stereocenters. The number of nitrogens with zero attached hydrogens (tertiary/aromatic N) is 2. The van der Waals surface area contributed by atoms with Crippen LogP contribution in [-0.2, 0) is 17.4 Å².